The third kappa shape index (κ3) is 6.65. The first-order valence-corrected chi connectivity index (χ1v) is 14.7. The topological polar surface area (TPSA) is 111 Å². The molecule has 0 aromatic carbocycles. The van der Waals surface area contributed by atoms with Crippen molar-refractivity contribution in [3.63, 3.8) is 0 Å². The van der Waals surface area contributed by atoms with Gasteiger partial charge >= 0.3 is 0 Å². The van der Waals surface area contributed by atoms with Crippen LogP contribution in [0, 0.1) is 11.8 Å². The van der Waals surface area contributed by atoms with Crippen molar-refractivity contribution in [1.82, 2.24) is 30.2 Å². The van der Waals surface area contributed by atoms with Gasteiger partial charge < -0.3 is 15.4 Å². The van der Waals surface area contributed by atoms with Gasteiger partial charge in [0.25, 0.3) is 5.91 Å². The minimum absolute atomic E-state index is 0.0204. The van der Waals surface area contributed by atoms with Gasteiger partial charge in [-0.2, -0.15) is 5.10 Å². The van der Waals surface area contributed by atoms with Gasteiger partial charge in [-0.15, -0.1) is 0 Å². The maximum absolute atomic E-state index is 14.1. The highest BCUT2D eigenvalue weighted by molar-refractivity contribution is 5.94. The van der Waals surface area contributed by atoms with E-state index in [9.17, 15) is 18.4 Å². The van der Waals surface area contributed by atoms with E-state index in [2.05, 4.69) is 20.7 Å². The van der Waals surface area contributed by atoms with E-state index in [1.165, 1.54) is 6.20 Å². The molecule has 0 bridgehead atoms. The van der Waals surface area contributed by atoms with E-state index in [-0.39, 0.29) is 55.6 Å². The maximum atomic E-state index is 14.1. The number of hydrogen-bond donors (Lipinski definition) is 2. The van der Waals surface area contributed by atoms with Gasteiger partial charge in [-0.3, -0.25) is 9.59 Å². The van der Waals surface area contributed by atoms with E-state index in [1.807, 2.05) is 13.0 Å². The predicted octanol–water partition coefficient (Wildman–Crippen LogP) is 5.33. The van der Waals surface area contributed by atoms with Crippen molar-refractivity contribution in [3.8, 4) is 5.88 Å². The van der Waals surface area contributed by atoms with Crippen LogP contribution in [0.3, 0.4) is 0 Å². The number of amides is 2. The van der Waals surface area contributed by atoms with Crippen LogP contribution in [0.15, 0.2) is 36.8 Å². The number of carbonyl (C=O) groups is 2. The number of carbonyl (C=O) groups excluding carboxylic acids is 2. The Morgan fingerprint density at radius 2 is 1.83 bits per heavy atom. The number of rotatable bonds is 11. The molecule has 3 aliphatic rings. The summed E-state index contributed by atoms with van der Waals surface area (Å²) in [6.07, 6.45) is 10.6. The maximum Gasteiger partial charge on any atom is 0.252 e. The van der Waals surface area contributed by atoms with Crippen LogP contribution in [-0.4, -0.2) is 43.4 Å². The first-order valence-electron chi connectivity index (χ1n) is 14.7. The number of fused-ring (bicyclic) bond motifs is 1. The van der Waals surface area contributed by atoms with E-state index >= 15 is 0 Å². The second-order valence-electron chi connectivity index (χ2n) is 11.7. The van der Waals surface area contributed by atoms with Crippen LogP contribution in [0.5, 0.6) is 5.88 Å². The lowest BCUT2D eigenvalue weighted by molar-refractivity contribution is -0.122. The molecule has 0 saturated heterocycles. The Morgan fingerprint density at radius 3 is 2.54 bits per heavy atom. The molecule has 6 rings (SSSR count). The molecule has 0 aliphatic heterocycles. The van der Waals surface area contributed by atoms with Crippen LogP contribution < -0.4 is 15.4 Å². The summed E-state index contributed by atoms with van der Waals surface area (Å²) in [5.74, 6) is -2.45. The molecule has 11 heteroatoms. The summed E-state index contributed by atoms with van der Waals surface area (Å²) in [5, 5.41) is 10.8. The second kappa shape index (κ2) is 11.3. The Labute approximate surface area is 237 Å². The second-order valence-corrected chi connectivity index (χ2v) is 11.7. The highest BCUT2D eigenvalue weighted by Gasteiger charge is 2.40. The highest BCUT2D eigenvalue weighted by Crippen LogP contribution is 2.43. The first-order chi connectivity index (χ1) is 19.8. The van der Waals surface area contributed by atoms with Gasteiger partial charge in [0, 0.05) is 37.1 Å². The molecular formula is C30H36F2N6O3. The fourth-order valence-corrected chi connectivity index (χ4v) is 5.63. The molecule has 0 spiro atoms. The molecule has 3 aromatic rings. The van der Waals surface area contributed by atoms with Gasteiger partial charge in [-0.05, 0) is 74.5 Å². The van der Waals surface area contributed by atoms with Gasteiger partial charge in [0.1, 0.15) is 6.10 Å². The average Bonchev–Trinajstić information content (AvgIpc) is 3.89. The summed E-state index contributed by atoms with van der Waals surface area (Å²) in [7, 11) is 0. The lowest BCUT2D eigenvalue weighted by Gasteiger charge is -2.33. The minimum atomic E-state index is -2.69. The normalized spacial score (nSPS) is 20.4. The van der Waals surface area contributed by atoms with Gasteiger partial charge in [-0.1, -0.05) is 6.92 Å². The number of hydrogen-bond acceptors (Lipinski definition) is 6. The third-order valence-electron chi connectivity index (χ3n) is 8.25. The van der Waals surface area contributed by atoms with E-state index in [0.717, 1.165) is 37.7 Å². The quantitative estimate of drug-likeness (QED) is 0.325. The number of alkyl halides is 2. The highest BCUT2D eigenvalue weighted by atomic mass is 19.3. The Bertz CT molecular complexity index is 1410. The van der Waals surface area contributed by atoms with Crippen molar-refractivity contribution >= 4 is 17.5 Å². The molecule has 3 fully saturated rings. The van der Waals surface area contributed by atoms with Crippen molar-refractivity contribution < 1.29 is 23.1 Å². The Balaban J connectivity index is 1.26. The molecule has 3 aliphatic carbocycles. The molecular weight excluding hydrogens is 530 g/mol. The molecule has 2 amide bonds. The minimum Gasteiger partial charge on any atom is -0.474 e. The summed E-state index contributed by atoms with van der Waals surface area (Å²) in [6.45, 7) is 1.98. The van der Waals surface area contributed by atoms with E-state index in [4.69, 9.17) is 9.72 Å². The monoisotopic (exact) mass is 566 g/mol. The number of pyridine rings is 1. The molecule has 0 unspecified atom stereocenters. The van der Waals surface area contributed by atoms with Crippen LogP contribution in [0.2, 0.25) is 0 Å². The first kappa shape index (κ1) is 27.5. The summed E-state index contributed by atoms with van der Waals surface area (Å²) >= 11 is 0. The Morgan fingerprint density at radius 1 is 1.07 bits per heavy atom. The summed E-state index contributed by atoms with van der Waals surface area (Å²) in [6, 6.07) is 4.45. The van der Waals surface area contributed by atoms with Gasteiger partial charge in [0.2, 0.25) is 17.7 Å². The molecule has 3 saturated carbocycles. The zero-order valence-electron chi connectivity index (χ0n) is 23.2. The lowest BCUT2D eigenvalue weighted by atomic mass is 9.81. The molecule has 2 N–H and O–H groups in total. The standard InChI is InChI=1S/C30H36F2N6O3/c1-2-3-25(39)36-27(18-4-5-18)21-14-24-35-23(17-38(24)34-16-21)28(19-8-11-30(31,32)12-9-19)37-29(40)20-10-13-33-26(15-20)41-22-6-7-22/h10,13-19,22,27-28H,2-9,11-12H2,1H3,(H,36,39)(H,37,40)/t27-,28+/m1/s1. The molecule has 0 radical (unpaired) electrons. The molecule has 3 aromatic heterocycles. The molecule has 9 nitrogen and oxygen atoms in total. The van der Waals surface area contributed by atoms with Crippen molar-refractivity contribution in [2.75, 3.05) is 0 Å². The third-order valence-corrected chi connectivity index (χ3v) is 8.25. The van der Waals surface area contributed by atoms with E-state index in [0.29, 0.717) is 35.1 Å². The fraction of sp³-hybridized carbons (Fsp3) is 0.567. The largest absolute Gasteiger partial charge is 0.474 e. The SMILES string of the molecule is CCCC(=O)N[C@@H](c1cnn2cc([C@@H](NC(=O)c3ccnc(OC4CC4)c3)C3CCC(F)(F)CC3)nc2c1)C1CC1. The number of nitrogens with zero attached hydrogens (tertiary/aromatic N) is 4. The molecule has 218 valence electrons. The summed E-state index contributed by atoms with van der Waals surface area (Å²) < 4.78 is 35.5. The summed E-state index contributed by atoms with van der Waals surface area (Å²) in [4.78, 5) is 34.8. The zero-order chi connectivity index (χ0) is 28.6. The molecule has 2 atom stereocenters. The van der Waals surface area contributed by atoms with Crippen LogP contribution in [0.1, 0.15) is 105 Å². The van der Waals surface area contributed by atoms with Gasteiger partial charge in [-0.25, -0.2) is 23.3 Å². The number of nitrogens with one attached hydrogen (secondary N) is 2. The van der Waals surface area contributed by atoms with Gasteiger partial charge in [0.15, 0.2) is 5.65 Å². The van der Waals surface area contributed by atoms with Crippen molar-refractivity contribution in [3.05, 3.63) is 53.6 Å². The predicted molar refractivity (Wildman–Crippen MR) is 147 cm³/mol. The average molecular weight is 567 g/mol. The van der Waals surface area contributed by atoms with Crippen molar-refractivity contribution in [2.45, 2.75) is 95.2 Å². The fourth-order valence-electron chi connectivity index (χ4n) is 5.63. The molecule has 3 heterocycles. The number of imidazole rings is 1. The number of ether oxygens (including phenoxy) is 1. The Kier molecular flexibility index (Phi) is 7.61. The van der Waals surface area contributed by atoms with Crippen LogP contribution >= 0.6 is 0 Å². The van der Waals surface area contributed by atoms with Crippen molar-refractivity contribution in [2.24, 2.45) is 11.8 Å². The lowest BCUT2D eigenvalue weighted by Crippen LogP contribution is -2.37. The smallest absolute Gasteiger partial charge is 0.252 e. The van der Waals surface area contributed by atoms with Crippen LogP contribution in [0.25, 0.3) is 5.65 Å². The number of halogens is 2. The van der Waals surface area contributed by atoms with Crippen LogP contribution in [-0.2, 0) is 4.79 Å². The molecule has 41 heavy (non-hydrogen) atoms. The van der Waals surface area contributed by atoms with Crippen LogP contribution in [0.4, 0.5) is 8.78 Å². The Hall–Kier alpha value is -3.63. The number of aromatic nitrogens is 4. The zero-order valence-corrected chi connectivity index (χ0v) is 23.2. The van der Waals surface area contributed by atoms with E-state index < -0.39 is 12.0 Å². The van der Waals surface area contributed by atoms with E-state index in [1.54, 1.807) is 29.0 Å². The summed E-state index contributed by atoms with van der Waals surface area (Å²) in [5.41, 5.74) is 2.43. The van der Waals surface area contributed by atoms with Gasteiger partial charge in [0.05, 0.1) is 30.2 Å². The van der Waals surface area contributed by atoms with Crippen molar-refractivity contribution in [1.29, 1.82) is 0 Å².